The number of morpholine rings is 1. The number of halogens is 1. The van der Waals surface area contributed by atoms with Crippen molar-refractivity contribution in [2.45, 2.75) is 25.0 Å². The quantitative estimate of drug-likeness (QED) is 0.422. The zero-order valence-corrected chi connectivity index (χ0v) is 18.2. The minimum absolute atomic E-state index is 0.0306. The molecule has 1 saturated heterocycles. The molecule has 1 amide bonds. The number of nitrogens with one attached hydrogen (secondary N) is 1. The van der Waals surface area contributed by atoms with Crippen LogP contribution in [0.2, 0.25) is 0 Å². The molecular weight excluding hydrogens is 419 g/mol. The lowest BCUT2D eigenvalue weighted by Gasteiger charge is -2.28. The first-order valence-corrected chi connectivity index (χ1v) is 11.4. The molecule has 1 aromatic carbocycles. The molecule has 8 nitrogen and oxygen atoms in total. The second-order valence-corrected chi connectivity index (χ2v) is 8.18. The monoisotopic (exact) mass is 444 g/mol. The number of nitrogens with zero attached hydrogens (tertiary/aromatic N) is 5. The fraction of sp³-hybridized carbons (Fsp3) is 0.429. The minimum atomic E-state index is -0.537. The van der Waals surface area contributed by atoms with E-state index in [1.165, 1.54) is 12.1 Å². The third-order valence-electron chi connectivity index (χ3n) is 4.93. The van der Waals surface area contributed by atoms with Crippen LogP contribution in [0.4, 0.5) is 10.2 Å². The van der Waals surface area contributed by atoms with Crippen LogP contribution < -0.4 is 10.2 Å². The number of carbonyl (C=O) groups is 1. The highest BCUT2D eigenvalue weighted by molar-refractivity contribution is 7.99. The van der Waals surface area contributed by atoms with Crippen LogP contribution >= 0.6 is 11.8 Å². The summed E-state index contributed by atoms with van der Waals surface area (Å²) in [5.74, 6) is 0.817. The normalized spacial score (nSPS) is 14.2. The van der Waals surface area contributed by atoms with E-state index in [0.717, 1.165) is 42.1 Å². The SMILES string of the molecule is CCCSc1nc(N2CCOCC2)c2cnn(CCNC(=O)c3ccccc3F)c2n1. The molecule has 31 heavy (non-hydrogen) atoms. The third kappa shape index (κ3) is 4.96. The second-order valence-electron chi connectivity index (χ2n) is 7.12. The fourth-order valence-corrected chi connectivity index (χ4v) is 4.06. The lowest BCUT2D eigenvalue weighted by atomic mass is 10.2. The number of hydrogen-bond donors (Lipinski definition) is 1. The molecule has 1 aliphatic heterocycles. The maximum atomic E-state index is 13.8. The van der Waals surface area contributed by atoms with Gasteiger partial charge in [-0.2, -0.15) is 5.10 Å². The smallest absolute Gasteiger partial charge is 0.254 e. The van der Waals surface area contributed by atoms with Gasteiger partial charge < -0.3 is 15.0 Å². The van der Waals surface area contributed by atoms with E-state index in [1.807, 2.05) is 0 Å². The summed E-state index contributed by atoms with van der Waals surface area (Å²) < 4.78 is 21.0. The Hall–Kier alpha value is -2.72. The molecule has 164 valence electrons. The first kappa shape index (κ1) is 21.5. The Bertz CT molecular complexity index is 1050. The van der Waals surface area contributed by atoms with Crippen molar-refractivity contribution >= 4 is 34.5 Å². The fourth-order valence-electron chi connectivity index (χ4n) is 3.37. The maximum Gasteiger partial charge on any atom is 0.254 e. The lowest BCUT2D eigenvalue weighted by molar-refractivity contribution is 0.0948. The molecule has 1 N–H and O–H groups in total. The molecule has 1 fully saturated rings. The van der Waals surface area contributed by atoms with Crippen molar-refractivity contribution in [2.75, 3.05) is 43.5 Å². The lowest BCUT2D eigenvalue weighted by Crippen LogP contribution is -2.37. The van der Waals surface area contributed by atoms with Crippen LogP contribution in [0.1, 0.15) is 23.7 Å². The van der Waals surface area contributed by atoms with Crippen LogP contribution in [0.5, 0.6) is 0 Å². The molecule has 3 heterocycles. The van der Waals surface area contributed by atoms with Crippen molar-refractivity contribution in [1.82, 2.24) is 25.1 Å². The molecule has 0 radical (unpaired) electrons. The molecular formula is C21H25FN6O2S. The first-order chi connectivity index (χ1) is 15.2. The van der Waals surface area contributed by atoms with E-state index in [9.17, 15) is 9.18 Å². The molecule has 3 aromatic rings. The Labute approximate surface area is 184 Å². The van der Waals surface area contributed by atoms with E-state index >= 15 is 0 Å². The van der Waals surface area contributed by atoms with Gasteiger partial charge in [0.15, 0.2) is 10.8 Å². The maximum absolute atomic E-state index is 13.8. The number of amides is 1. The van der Waals surface area contributed by atoms with E-state index in [2.05, 4.69) is 22.2 Å². The van der Waals surface area contributed by atoms with Gasteiger partial charge in [0.25, 0.3) is 5.91 Å². The van der Waals surface area contributed by atoms with Gasteiger partial charge in [0.2, 0.25) is 0 Å². The van der Waals surface area contributed by atoms with Crippen LogP contribution in [0.25, 0.3) is 11.0 Å². The van der Waals surface area contributed by atoms with Gasteiger partial charge in [-0.25, -0.2) is 19.0 Å². The van der Waals surface area contributed by atoms with Gasteiger partial charge in [-0.3, -0.25) is 4.79 Å². The van der Waals surface area contributed by atoms with Crippen molar-refractivity contribution in [1.29, 1.82) is 0 Å². The summed E-state index contributed by atoms with van der Waals surface area (Å²) in [6.45, 7) is 5.72. The molecule has 1 aliphatic rings. The van der Waals surface area contributed by atoms with Crippen molar-refractivity contribution < 1.29 is 13.9 Å². The number of aromatic nitrogens is 4. The topological polar surface area (TPSA) is 85.2 Å². The van der Waals surface area contributed by atoms with Crippen LogP contribution in [0.3, 0.4) is 0 Å². The third-order valence-corrected chi connectivity index (χ3v) is 5.98. The van der Waals surface area contributed by atoms with Crippen LogP contribution in [-0.2, 0) is 11.3 Å². The summed E-state index contributed by atoms with van der Waals surface area (Å²) in [5, 5.41) is 8.83. The van der Waals surface area contributed by atoms with Crippen molar-refractivity contribution in [3.8, 4) is 0 Å². The average molecular weight is 445 g/mol. The molecule has 0 saturated carbocycles. The van der Waals surface area contributed by atoms with Crippen molar-refractivity contribution in [2.24, 2.45) is 0 Å². The second kappa shape index (κ2) is 10.1. The Balaban J connectivity index is 1.53. The number of fused-ring (bicyclic) bond motifs is 1. The molecule has 0 atom stereocenters. The van der Waals surface area contributed by atoms with Gasteiger partial charge in [0.05, 0.1) is 36.9 Å². The Morgan fingerprint density at radius 1 is 1.26 bits per heavy atom. The van der Waals surface area contributed by atoms with Gasteiger partial charge >= 0.3 is 0 Å². The molecule has 0 unspecified atom stereocenters. The number of benzene rings is 1. The summed E-state index contributed by atoms with van der Waals surface area (Å²) in [6.07, 6.45) is 2.80. The number of thioether (sulfide) groups is 1. The Morgan fingerprint density at radius 2 is 2.06 bits per heavy atom. The van der Waals surface area contributed by atoms with Gasteiger partial charge in [0.1, 0.15) is 11.6 Å². The van der Waals surface area contributed by atoms with E-state index in [4.69, 9.17) is 14.7 Å². The zero-order valence-electron chi connectivity index (χ0n) is 17.4. The Morgan fingerprint density at radius 3 is 2.84 bits per heavy atom. The van der Waals surface area contributed by atoms with Crippen LogP contribution in [-0.4, -0.2) is 64.3 Å². The average Bonchev–Trinajstić information content (AvgIpc) is 3.21. The number of rotatable bonds is 8. The number of anilines is 1. The predicted octanol–water partition coefficient (Wildman–Crippen LogP) is 2.73. The highest BCUT2D eigenvalue weighted by Gasteiger charge is 2.20. The van der Waals surface area contributed by atoms with E-state index in [0.29, 0.717) is 31.5 Å². The molecule has 0 aliphatic carbocycles. The van der Waals surface area contributed by atoms with Crippen LogP contribution in [0.15, 0.2) is 35.6 Å². The summed E-state index contributed by atoms with van der Waals surface area (Å²) in [4.78, 5) is 24.0. The number of ether oxygens (including phenoxy) is 1. The Kier molecular flexibility index (Phi) is 6.98. The largest absolute Gasteiger partial charge is 0.378 e. The highest BCUT2D eigenvalue weighted by Crippen LogP contribution is 2.28. The van der Waals surface area contributed by atoms with Crippen LogP contribution in [0, 0.1) is 5.82 Å². The van der Waals surface area contributed by atoms with Gasteiger partial charge in [-0.15, -0.1) is 0 Å². The number of carbonyl (C=O) groups excluding carboxylic acids is 1. The summed E-state index contributed by atoms with van der Waals surface area (Å²) >= 11 is 1.62. The highest BCUT2D eigenvalue weighted by atomic mass is 32.2. The van der Waals surface area contributed by atoms with E-state index in [1.54, 1.807) is 34.8 Å². The molecule has 10 heteroatoms. The zero-order chi connectivity index (χ0) is 21.6. The standard InChI is InChI=1S/C21H25FN6O2S/c1-2-13-31-21-25-18(27-9-11-30-12-10-27)16-14-24-28(19(16)26-21)8-7-23-20(29)15-5-3-4-6-17(15)22/h3-6,14H,2,7-13H2,1H3,(H,23,29). The molecule has 2 aromatic heterocycles. The minimum Gasteiger partial charge on any atom is -0.378 e. The summed E-state index contributed by atoms with van der Waals surface area (Å²) in [7, 11) is 0. The van der Waals surface area contributed by atoms with Gasteiger partial charge in [0, 0.05) is 25.4 Å². The predicted molar refractivity (Wildman–Crippen MR) is 118 cm³/mol. The summed E-state index contributed by atoms with van der Waals surface area (Å²) in [5.41, 5.74) is 0.762. The summed E-state index contributed by atoms with van der Waals surface area (Å²) in [6, 6.07) is 5.93. The van der Waals surface area contributed by atoms with Crippen molar-refractivity contribution in [3.63, 3.8) is 0 Å². The number of hydrogen-bond acceptors (Lipinski definition) is 7. The van der Waals surface area contributed by atoms with Gasteiger partial charge in [-0.05, 0) is 18.6 Å². The van der Waals surface area contributed by atoms with Crippen molar-refractivity contribution in [3.05, 3.63) is 41.8 Å². The van der Waals surface area contributed by atoms with E-state index < -0.39 is 11.7 Å². The molecule has 0 spiro atoms. The molecule has 0 bridgehead atoms. The van der Waals surface area contributed by atoms with E-state index in [-0.39, 0.29) is 5.56 Å². The molecule has 4 rings (SSSR count). The van der Waals surface area contributed by atoms with Gasteiger partial charge in [-0.1, -0.05) is 30.8 Å². The first-order valence-electron chi connectivity index (χ1n) is 10.4.